The molecular formula is C18H23N2O4+. The number of ether oxygens (including phenoxy) is 2. The normalized spacial score (nSPS) is 11.8. The van der Waals surface area contributed by atoms with Gasteiger partial charge in [0.05, 0.1) is 13.7 Å². The Bertz CT molecular complexity index is 667. The van der Waals surface area contributed by atoms with Gasteiger partial charge < -0.3 is 9.47 Å². The fourth-order valence-electron chi connectivity index (χ4n) is 2.17. The maximum Gasteiger partial charge on any atom is 0.364 e. The quantitative estimate of drug-likeness (QED) is 0.321. The first-order chi connectivity index (χ1) is 11.6. The second-order valence-electron chi connectivity index (χ2n) is 5.54. The predicted octanol–water partition coefficient (Wildman–Crippen LogP) is 1.94. The Kier molecular flexibility index (Phi) is 6.54. The molecule has 0 aliphatic rings. The van der Waals surface area contributed by atoms with E-state index in [0.29, 0.717) is 6.61 Å². The zero-order chi connectivity index (χ0) is 17.4. The van der Waals surface area contributed by atoms with Gasteiger partial charge in [0.25, 0.3) is 6.04 Å². The van der Waals surface area contributed by atoms with Gasteiger partial charge in [0.1, 0.15) is 19.0 Å². The minimum atomic E-state index is -1.13. The van der Waals surface area contributed by atoms with Crippen LogP contribution in [0, 0.1) is 0 Å². The molecule has 0 fully saturated rings. The highest BCUT2D eigenvalue weighted by molar-refractivity contribution is 5.97. The van der Waals surface area contributed by atoms with Crippen molar-refractivity contribution in [1.29, 1.82) is 0 Å². The predicted molar refractivity (Wildman–Crippen MR) is 86.8 cm³/mol. The lowest BCUT2D eigenvalue weighted by atomic mass is 10.2. The summed E-state index contributed by atoms with van der Waals surface area (Å²) in [5.41, 5.74) is 0.863. The lowest BCUT2D eigenvalue weighted by Crippen LogP contribution is -2.32. The van der Waals surface area contributed by atoms with Gasteiger partial charge in [-0.3, -0.25) is 0 Å². The molecule has 0 aliphatic heterocycles. The average molecular weight is 331 g/mol. The summed E-state index contributed by atoms with van der Waals surface area (Å²) in [5, 5.41) is 0. The second kappa shape index (κ2) is 8.86. The summed E-state index contributed by atoms with van der Waals surface area (Å²) in [6.45, 7) is 2.42. The Morgan fingerprint density at radius 1 is 1.17 bits per heavy atom. The SMILES string of the molecule is CCCCOC(=O)C(C(=O)OCc1ccccc1)n1cc[n+](C)c1. The van der Waals surface area contributed by atoms with Crippen LogP contribution in [-0.4, -0.2) is 23.1 Å². The number of aromatic nitrogens is 2. The molecule has 0 amide bonds. The fourth-order valence-corrected chi connectivity index (χ4v) is 2.17. The van der Waals surface area contributed by atoms with Gasteiger partial charge in [0.15, 0.2) is 0 Å². The number of imidazole rings is 1. The van der Waals surface area contributed by atoms with Gasteiger partial charge in [0, 0.05) is 0 Å². The number of esters is 2. The van der Waals surface area contributed by atoms with Gasteiger partial charge in [-0.25, -0.2) is 18.7 Å². The first-order valence-corrected chi connectivity index (χ1v) is 8.01. The smallest absolute Gasteiger partial charge is 0.364 e. The van der Waals surface area contributed by atoms with Gasteiger partial charge in [-0.05, 0) is 12.0 Å². The summed E-state index contributed by atoms with van der Waals surface area (Å²) >= 11 is 0. The summed E-state index contributed by atoms with van der Waals surface area (Å²) in [5.74, 6) is -1.23. The number of carbonyl (C=O) groups is 2. The molecule has 0 spiro atoms. The maximum absolute atomic E-state index is 12.4. The topological polar surface area (TPSA) is 61.4 Å². The average Bonchev–Trinajstić information content (AvgIpc) is 3.00. The standard InChI is InChI=1S/C18H23N2O4/c1-3-4-12-23-17(21)16(20-11-10-19(2)14-20)18(22)24-13-15-8-6-5-7-9-15/h5-11,14,16H,3-4,12-13H2,1-2H3/q+1. The van der Waals surface area contributed by atoms with Crippen molar-refractivity contribution in [1.82, 2.24) is 4.57 Å². The first kappa shape index (κ1) is 17.7. The second-order valence-corrected chi connectivity index (χ2v) is 5.54. The minimum absolute atomic E-state index is 0.117. The summed E-state index contributed by atoms with van der Waals surface area (Å²) in [6, 6.07) is 8.21. The molecule has 24 heavy (non-hydrogen) atoms. The number of hydrogen-bond acceptors (Lipinski definition) is 4. The lowest BCUT2D eigenvalue weighted by molar-refractivity contribution is -0.671. The number of benzene rings is 1. The highest BCUT2D eigenvalue weighted by atomic mass is 16.6. The molecule has 1 atom stereocenters. The van der Waals surface area contributed by atoms with Crippen molar-refractivity contribution in [2.45, 2.75) is 32.4 Å². The number of unbranched alkanes of at least 4 members (excludes halogenated alkanes) is 1. The van der Waals surface area contributed by atoms with E-state index in [2.05, 4.69) is 0 Å². The molecule has 1 aromatic carbocycles. The highest BCUT2D eigenvalue weighted by Gasteiger charge is 2.36. The highest BCUT2D eigenvalue weighted by Crippen LogP contribution is 2.13. The number of aryl methyl sites for hydroxylation is 1. The van der Waals surface area contributed by atoms with E-state index in [1.807, 2.05) is 44.3 Å². The lowest BCUT2D eigenvalue weighted by Gasteiger charge is -2.13. The molecule has 128 valence electrons. The largest absolute Gasteiger partial charge is 0.462 e. The van der Waals surface area contributed by atoms with Crippen molar-refractivity contribution in [3.8, 4) is 0 Å². The molecule has 0 N–H and O–H groups in total. The fraction of sp³-hybridized carbons (Fsp3) is 0.389. The first-order valence-electron chi connectivity index (χ1n) is 8.01. The molecule has 2 rings (SSSR count). The van der Waals surface area contributed by atoms with E-state index < -0.39 is 18.0 Å². The van der Waals surface area contributed by atoms with Crippen LogP contribution in [0.4, 0.5) is 0 Å². The third-order valence-electron chi connectivity index (χ3n) is 3.50. The van der Waals surface area contributed by atoms with Crippen LogP contribution in [0.2, 0.25) is 0 Å². The zero-order valence-electron chi connectivity index (χ0n) is 14.1. The number of carbonyl (C=O) groups excluding carboxylic acids is 2. The van der Waals surface area contributed by atoms with Crippen LogP contribution in [0.5, 0.6) is 0 Å². The number of hydrogen-bond donors (Lipinski definition) is 0. The van der Waals surface area contributed by atoms with Crippen molar-refractivity contribution in [2.75, 3.05) is 6.61 Å². The molecule has 0 saturated carbocycles. The molecule has 1 unspecified atom stereocenters. The van der Waals surface area contributed by atoms with Crippen LogP contribution in [0.3, 0.4) is 0 Å². The molecule has 0 radical (unpaired) electrons. The van der Waals surface area contributed by atoms with Gasteiger partial charge in [-0.15, -0.1) is 0 Å². The van der Waals surface area contributed by atoms with Crippen molar-refractivity contribution in [2.24, 2.45) is 7.05 Å². The van der Waals surface area contributed by atoms with Crippen molar-refractivity contribution >= 4 is 11.9 Å². The maximum atomic E-state index is 12.4. The molecule has 0 saturated heterocycles. The molecule has 2 aromatic rings. The van der Waals surface area contributed by atoms with Crippen LogP contribution < -0.4 is 4.57 Å². The molecule has 6 heteroatoms. The Labute approximate surface area is 141 Å². The zero-order valence-corrected chi connectivity index (χ0v) is 14.1. The van der Waals surface area contributed by atoms with E-state index in [1.165, 1.54) is 4.57 Å². The molecule has 0 aliphatic carbocycles. The van der Waals surface area contributed by atoms with Crippen molar-refractivity contribution in [3.63, 3.8) is 0 Å². The molecule has 1 heterocycles. The molecule has 0 bridgehead atoms. The summed E-state index contributed by atoms with van der Waals surface area (Å²) in [6.07, 6.45) is 6.72. The minimum Gasteiger partial charge on any atom is -0.462 e. The van der Waals surface area contributed by atoms with Crippen LogP contribution in [0.15, 0.2) is 49.1 Å². The number of nitrogens with zero attached hydrogens (tertiary/aromatic N) is 2. The van der Waals surface area contributed by atoms with Crippen molar-refractivity contribution < 1.29 is 23.6 Å². The van der Waals surface area contributed by atoms with Crippen LogP contribution in [0.25, 0.3) is 0 Å². The Morgan fingerprint density at radius 2 is 1.88 bits per heavy atom. The summed E-state index contributed by atoms with van der Waals surface area (Å²) < 4.78 is 13.8. The van der Waals surface area contributed by atoms with E-state index in [0.717, 1.165) is 18.4 Å². The van der Waals surface area contributed by atoms with E-state index >= 15 is 0 Å². The van der Waals surface area contributed by atoms with Gasteiger partial charge in [-0.1, -0.05) is 43.7 Å². The Hall–Kier alpha value is -2.63. The number of rotatable bonds is 8. The van der Waals surface area contributed by atoms with Gasteiger partial charge >= 0.3 is 11.9 Å². The van der Waals surface area contributed by atoms with E-state index in [4.69, 9.17) is 9.47 Å². The summed E-state index contributed by atoms with van der Waals surface area (Å²) in [4.78, 5) is 24.8. The van der Waals surface area contributed by atoms with E-state index in [1.54, 1.807) is 23.3 Å². The summed E-state index contributed by atoms with van der Waals surface area (Å²) in [7, 11) is 1.81. The molecule has 1 aromatic heterocycles. The van der Waals surface area contributed by atoms with Crippen LogP contribution >= 0.6 is 0 Å². The van der Waals surface area contributed by atoms with Crippen LogP contribution in [0.1, 0.15) is 31.4 Å². The van der Waals surface area contributed by atoms with Crippen molar-refractivity contribution in [3.05, 3.63) is 54.6 Å². The van der Waals surface area contributed by atoms with E-state index in [-0.39, 0.29) is 6.61 Å². The Balaban J connectivity index is 2.06. The third kappa shape index (κ3) is 4.94. The third-order valence-corrected chi connectivity index (χ3v) is 3.50. The monoisotopic (exact) mass is 331 g/mol. The molecular weight excluding hydrogens is 308 g/mol. The Morgan fingerprint density at radius 3 is 2.50 bits per heavy atom. The van der Waals surface area contributed by atoms with E-state index in [9.17, 15) is 9.59 Å². The van der Waals surface area contributed by atoms with Crippen LogP contribution in [-0.2, 0) is 32.7 Å². The van der Waals surface area contributed by atoms with Gasteiger partial charge in [0.2, 0.25) is 6.33 Å². The molecule has 6 nitrogen and oxygen atoms in total. The van der Waals surface area contributed by atoms with Gasteiger partial charge in [-0.2, -0.15) is 0 Å².